The minimum atomic E-state index is -3.92. The zero-order valence-electron chi connectivity index (χ0n) is 13.1. The molecule has 1 N–H and O–H groups in total. The van der Waals surface area contributed by atoms with Gasteiger partial charge in [0, 0.05) is 6.07 Å². The average molecular weight is 395 g/mol. The van der Waals surface area contributed by atoms with Crippen molar-refractivity contribution in [3.63, 3.8) is 0 Å². The highest BCUT2D eigenvalue weighted by Crippen LogP contribution is 2.60. The summed E-state index contributed by atoms with van der Waals surface area (Å²) in [6, 6.07) is 5.46. The standard InChI is InChI=1S/C16H15Cl2F2O3P/c1-16(2,3)24(22,15-13(21)7-6-12(20)14(15)18)23-9-4-5-11(19)10(17)8-9/h4-8,21H,1-3H3. The third-order valence-electron chi connectivity index (χ3n) is 3.35. The molecule has 1 unspecified atom stereocenters. The van der Waals surface area contributed by atoms with Gasteiger partial charge in [0.15, 0.2) is 0 Å². The lowest BCUT2D eigenvalue weighted by Crippen LogP contribution is -2.28. The monoisotopic (exact) mass is 394 g/mol. The van der Waals surface area contributed by atoms with E-state index >= 15 is 0 Å². The Morgan fingerprint density at radius 3 is 2.21 bits per heavy atom. The van der Waals surface area contributed by atoms with Gasteiger partial charge in [-0.3, -0.25) is 4.57 Å². The predicted octanol–water partition coefficient (Wildman–Crippen LogP) is 5.76. The van der Waals surface area contributed by atoms with Crippen molar-refractivity contribution in [2.24, 2.45) is 0 Å². The van der Waals surface area contributed by atoms with Crippen LogP contribution in [0.1, 0.15) is 20.8 Å². The summed E-state index contributed by atoms with van der Waals surface area (Å²) in [7, 11) is -3.92. The van der Waals surface area contributed by atoms with Crippen LogP contribution >= 0.6 is 30.6 Å². The lowest BCUT2D eigenvalue weighted by Gasteiger charge is -2.32. The fraction of sp³-hybridized carbons (Fsp3) is 0.250. The van der Waals surface area contributed by atoms with Gasteiger partial charge >= 0.3 is 0 Å². The maximum atomic E-state index is 13.8. The SMILES string of the molecule is CC(C)(C)P(=O)(Oc1ccc(F)c(Cl)c1)c1c(O)ccc(F)c1Cl. The van der Waals surface area contributed by atoms with Crippen molar-refractivity contribution in [1.82, 2.24) is 0 Å². The Morgan fingerprint density at radius 2 is 1.67 bits per heavy atom. The molecular formula is C16H15Cl2F2O3P. The maximum Gasteiger partial charge on any atom is 0.287 e. The highest BCUT2D eigenvalue weighted by atomic mass is 35.5. The van der Waals surface area contributed by atoms with Crippen LogP contribution in [0.5, 0.6) is 11.5 Å². The van der Waals surface area contributed by atoms with Crippen LogP contribution in [0.15, 0.2) is 30.3 Å². The summed E-state index contributed by atoms with van der Waals surface area (Å²) in [5.74, 6) is -1.94. The molecule has 130 valence electrons. The zero-order valence-corrected chi connectivity index (χ0v) is 15.5. The molecule has 0 saturated heterocycles. The van der Waals surface area contributed by atoms with Crippen LogP contribution in [0.25, 0.3) is 0 Å². The van der Waals surface area contributed by atoms with Crippen LogP contribution in [0.2, 0.25) is 10.0 Å². The molecule has 0 aliphatic carbocycles. The molecule has 0 saturated carbocycles. The lowest BCUT2D eigenvalue weighted by atomic mass is 10.3. The van der Waals surface area contributed by atoms with Crippen molar-refractivity contribution in [2.45, 2.75) is 25.9 Å². The molecule has 2 aromatic rings. The lowest BCUT2D eigenvalue weighted by molar-refractivity contribution is 0.451. The maximum absolute atomic E-state index is 13.8. The number of benzene rings is 2. The summed E-state index contributed by atoms with van der Waals surface area (Å²) in [4.78, 5) is 0. The third-order valence-corrected chi connectivity index (χ3v) is 7.42. The van der Waals surface area contributed by atoms with Gasteiger partial charge in [-0.2, -0.15) is 0 Å². The van der Waals surface area contributed by atoms with Gasteiger partial charge in [-0.05, 0) is 45.0 Å². The minimum Gasteiger partial charge on any atom is -0.507 e. The molecule has 0 amide bonds. The Balaban J connectivity index is 2.67. The van der Waals surface area contributed by atoms with Crippen LogP contribution in [-0.2, 0) is 4.57 Å². The number of phenols is 1. The molecule has 8 heteroatoms. The van der Waals surface area contributed by atoms with Crippen molar-refractivity contribution < 1.29 is 23.0 Å². The first-order chi connectivity index (χ1) is 11.0. The molecule has 2 aromatic carbocycles. The van der Waals surface area contributed by atoms with Gasteiger partial charge in [-0.1, -0.05) is 23.2 Å². The highest BCUT2D eigenvalue weighted by molar-refractivity contribution is 7.69. The van der Waals surface area contributed by atoms with Crippen molar-refractivity contribution in [3.05, 3.63) is 52.0 Å². The summed E-state index contributed by atoms with van der Waals surface area (Å²) in [6.45, 7) is 4.79. The van der Waals surface area contributed by atoms with Crippen molar-refractivity contribution in [2.75, 3.05) is 0 Å². The second-order valence-corrected chi connectivity index (χ2v) is 9.98. The zero-order chi connectivity index (χ0) is 18.3. The van der Waals surface area contributed by atoms with E-state index in [0.29, 0.717) is 0 Å². The van der Waals surface area contributed by atoms with Gasteiger partial charge in [-0.15, -0.1) is 0 Å². The van der Waals surface area contributed by atoms with Crippen LogP contribution in [0.3, 0.4) is 0 Å². The molecule has 0 bridgehead atoms. The molecule has 0 heterocycles. The summed E-state index contributed by atoms with van der Waals surface area (Å²) in [5, 5.41) is 8.04. The summed E-state index contributed by atoms with van der Waals surface area (Å²) < 4.78 is 46.4. The number of halogens is 4. The van der Waals surface area contributed by atoms with E-state index in [2.05, 4.69) is 0 Å². The largest absolute Gasteiger partial charge is 0.507 e. The van der Waals surface area contributed by atoms with E-state index in [0.717, 1.165) is 24.3 Å². The molecule has 0 aromatic heterocycles. The van der Waals surface area contributed by atoms with Gasteiger partial charge in [-0.25, -0.2) is 8.78 Å². The van der Waals surface area contributed by atoms with E-state index in [1.807, 2.05) is 0 Å². The molecule has 1 atom stereocenters. The van der Waals surface area contributed by atoms with E-state index in [1.165, 1.54) is 6.07 Å². The van der Waals surface area contributed by atoms with Gasteiger partial charge in [0.1, 0.15) is 28.4 Å². The third kappa shape index (κ3) is 3.39. The van der Waals surface area contributed by atoms with Crippen LogP contribution in [0.4, 0.5) is 8.78 Å². The average Bonchev–Trinajstić information content (AvgIpc) is 2.46. The van der Waals surface area contributed by atoms with E-state index in [-0.39, 0.29) is 16.1 Å². The fourth-order valence-electron chi connectivity index (χ4n) is 2.01. The molecule has 0 fully saturated rings. The topological polar surface area (TPSA) is 46.5 Å². The van der Waals surface area contributed by atoms with E-state index < -0.39 is 34.9 Å². The molecule has 0 aliphatic rings. The Hall–Kier alpha value is -1.29. The first-order valence-electron chi connectivity index (χ1n) is 6.89. The number of hydrogen-bond acceptors (Lipinski definition) is 3. The molecule has 3 nitrogen and oxygen atoms in total. The Morgan fingerprint density at radius 1 is 1.08 bits per heavy atom. The van der Waals surface area contributed by atoms with E-state index in [9.17, 15) is 18.5 Å². The van der Waals surface area contributed by atoms with Crippen molar-refractivity contribution >= 4 is 35.9 Å². The van der Waals surface area contributed by atoms with Gasteiger partial charge in [0.05, 0.1) is 15.2 Å². The second-order valence-electron chi connectivity index (χ2n) is 6.12. The van der Waals surface area contributed by atoms with Gasteiger partial charge in [0.25, 0.3) is 7.37 Å². The van der Waals surface area contributed by atoms with Crippen molar-refractivity contribution in [3.8, 4) is 11.5 Å². The first-order valence-corrected chi connectivity index (χ1v) is 9.28. The summed E-state index contributed by atoms with van der Waals surface area (Å²) in [6.07, 6.45) is 0. The predicted molar refractivity (Wildman–Crippen MR) is 92.1 cm³/mol. The molecule has 0 aliphatic heterocycles. The first kappa shape index (κ1) is 19.0. The summed E-state index contributed by atoms with van der Waals surface area (Å²) in [5.41, 5.74) is 0. The fourth-order valence-corrected chi connectivity index (χ4v) is 4.86. The smallest absolute Gasteiger partial charge is 0.287 e. The molecular weight excluding hydrogens is 380 g/mol. The van der Waals surface area contributed by atoms with E-state index in [1.54, 1.807) is 20.8 Å². The Kier molecular flexibility index (Phi) is 5.19. The quantitative estimate of drug-likeness (QED) is 0.673. The van der Waals surface area contributed by atoms with Gasteiger partial charge in [0.2, 0.25) is 0 Å². The van der Waals surface area contributed by atoms with Crippen LogP contribution in [-0.4, -0.2) is 10.3 Å². The number of phenolic OH excluding ortho intramolecular Hbond substituents is 1. The minimum absolute atomic E-state index is 0.0133. The number of aromatic hydroxyl groups is 1. The number of rotatable bonds is 3. The summed E-state index contributed by atoms with van der Waals surface area (Å²) >= 11 is 11.6. The molecule has 0 spiro atoms. The van der Waals surface area contributed by atoms with Crippen LogP contribution in [0, 0.1) is 11.6 Å². The van der Waals surface area contributed by atoms with Crippen molar-refractivity contribution in [1.29, 1.82) is 0 Å². The Bertz CT molecular complexity index is 835. The number of hydrogen-bond donors (Lipinski definition) is 1. The van der Waals surface area contributed by atoms with Crippen LogP contribution < -0.4 is 9.83 Å². The van der Waals surface area contributed by atoms with Gasteiger partial charge < -0.3 is 9.63 Å². The highest BCUT2D eigenvalue weighted by Gasteiger charge is 2.45. The molecule has 2 rings (SSSR count). The van der Waals surface area contributed by atoms with E-state index in [4.69, 9.17) is 27.7 Å². The Labute approximate surface area is 148 Å². The second kappa shape index (κ2) is 6.55. The molecule has 0 radical (unpaired) electrons. The molecule has 24 heavy (non-hydrogen) atoms. The normalized spacial score (nSPS) is 14.3.